The molecule has 0 spiro atoms. The topological polar surface area (TPSA) is 63.7 Å². The predicted octanol–water partition coefficient (Wildman–Crippen LogP) is 2.54. The van der Waals surface area contributed by atoms with E-state index in [1.165, 1.54) is 53.4 Å². The van der Waals surface area contributed by atoms with Gasteiger partial charge in [-0.25, -0.2) is 12.8 Å². The number of halogens is 2. The van der Waals surface area contributed by atoms with Gasteiger partial charge in [-0.2, -0.15) is 0 Å². The fraction of sp³-hybridized carbons (Fsp3) is 0.235. The van der Waals surface area contributed by atoms with Gasteiger partial charge in [-0.05, 0) is 48.5 Å². The van der Waals surface area contributed by atoms with Crippen molar-refractivity contribution >= 4 is 27.3 Å². The number of nitrogens with zero attached hydrogens (tertiary/aromatic N) is 1. The Balaban J connectivity index is 1.53. The Kier molecular flexibility index (Phi) is 4.96. The average Bonchev–Trinajstić information content (AvgIpc) is 2.53. The van der Waals surface area contributed by atoms with Crippen LogP contribution in [0, 0.1) is 5.82 Å². The summed E-state index contributed by atoms with van der Waals surface area (Å²) in [7, 11) is -3.49. The zero-order valence-electron chi connectivity index (χ0n) is 13.1. The van der Waals surface area contributed by atoms with Gasteiger partial charge in [-0.3, -0.25) is 4.79 Å². The van der Waals surface area contributed by atoms with Crippen LogP contribution in [0.3, 0.4) is 0 Å². The number of hydrogen-bond acceptors (Lipinski definition) is 4. The predicted molar refractivity (Wildman–Crippen MR) is 90.9 cm³/mol. The zero-order chi connectivity index (χ0) is 18.0. The number of carbonyl (C=O) groups is 1. The van der Waals surface area contributed by atoms with Gasteiger partial charge < -0.3 is 9.64 Å². The molecule has 8 heteroatoms. The molecule has 2 aromatic rings. The molecule has 1 heterocycles. The van der Waals surface area contributed by atoms with Crippen molar-refractivity contribution in [2.45, 2.75) is 10.1 Å². The largest absolute Gasteiger partial charge is 0.484 e. The standard InChI is InChI=1S/C17H15ClFNO4S/c18-12-1-7-15(8-2-12)25(22,23)16-9-20(10-16)17(21)11-24-14-5-3-13(19)4-6-14/h1-8,16H,9-11H2. The molecule has 2 aromatic carbocycles. The maximum Gasteiger partial charge on any atom is 0.260 e. The van der Waals surface area contributed by atoms with Crippen molar-refractivity contribution in [1.29, 1.82) is 0 Å². The maximum atomic E-state index is 12.8. The zero-order valence-corrected chi connectivity index (χ0v) is 14.6. The van der Waals surface area contributed by atoms with Gasteiger partial charge in [0.15, 0.2) is 16.4 Å². The lowest BCUT2D eigenvalue weighted by atomic mass is 10.2. The molecule has 0 unspecified atom stereocenters. The normalized spacial score (nSPS) is 14.9. The minimum absolute atomic E-state index is 0.122. The molecule has 5 nitrogen and oxygen atoms in total. The molecule has 0 saturated carbocycles. The summed E-state index contributed by atoms with van der Waals surface area (Å²) in [4.78, 5) is 13.6. The molecule has 0 aromatic heterocycles. The van der Waals surface area contributed by atoms with E-state index in [0.29, 0.717) is 10.8 Å². The van der Waals surface area contributed by atoms with Crippen LogP contribution < -0.4 is 4.74 Å². The maximum absolute atomic E-state index is 12.8. The number of benzene rings is 2. The minimum Gasteiger partial charge on any atom is -0.484 e. The summed E-state index contributed by atoms with van der Waals surface area (Å²) in [5, 5.41) is -0.175. The Labute approximate surface area is 149 Å². The van der Waals surface area contributed by atoms with Crippen molar-refractivity contribution in [1.82, 2.24) is 4.90 Å². The third-order valence-corrected chi connectivity index (χ3v) is 6.31. The molecular weight excluding hydrogens is 369 g/mol. The quantitative estimate of drug-likeness (QED) is 0.796. The molecule has 0 N–H and O–H groups in total. The lowest BCUT2D eigenvalue weighted by Gasteiger charge is -2.38. The molecule has 1 fully saturated rings. The van der Waals surface area contributed by atoms with Crippen LogP contribution in [0.2, 0.25) is 5.02 Å². The highest BCUT2D eigenvalue weighted by Crippen LogP contribution is 2.25. The van der Waals surface area contributed by atoms with E-state index in [1.807, 2.05) is 0 Å². The van der Waals surface area contributed by atoms with Gasteiger partial charge in [-0.1, -0.05) is 11.6 Å². The number of rotatable bonds is 5. The van der Waals surface area contributed by atoms with Gasteiger partial charge >= 0.3 is 0 Å². The van der Waals surface area contributed by atoms with Gasteiger partial charge in [0, 0.05) is 18.1 Å². The fourth-order valence-corrected chi connectivity index (χ4v) is 4.20. The van der Waals surface area contributed by atoms with Crippen molar-refractivity contribution in [2.75, 3.05) is 19.7 Å². The first-order valence-corrected chi connectivity index (χ1v) is 9.44. The first-order chi connectivity index (χ1) is 11.9. The molecule has 0 aliphatic carbocycles. The van der Waals surface area contributed by atoms with Crippen molar-refractivity contribution < 1.29 is 22.3 Å². The molecule has 1 aliphatic rings. The first kappa shape index (κ1) is 17.7. The highest BCUT2D eigenvalue weighted by molar-refractivity contribution is 7.92. The molecule has 1 aliphatic heterocycles. The van der Waals surface area contributed by atoms with E-state index in [-0.39, 0.29) is 30.5 Å². The summed E-state index contributed by atoms with van der Waals surface area (Å²) in [6, 6.07) is 11.3. The Morgan fingerprint density at radius 1 is 1.12 bits per heavy atom. The van der Waals surface area contributed by atoms with Crippen LogP contribution in [-0.2, 0) is 14.6 Å². The van der Waals surface area contributed by atoms with Gasteiger partial charge in [0.2, 0.25) is 0 Å². The fourth-order valence-electron chi connectivity index (χ4n) is 2.42. The second-order valence-electron chi connectivity index (χ2n) is 5.66. The smallest absolute Gasteiger partial charge is 0.260 e. The summed E-state index contributed by atoms with van der Waals surface area (Å²) in [6.07, 6.45) is 0. The molecule has 3 rings (SSSR count). The number of likely N-dealkylation sites (tertiary alicyclic amines) is 1. The van der Waals surface area contributed by atoms with E-state index in [4.69, 9.17) is 16.3 Å². The lowest BCUT2D eigenvalue weighted by Crippen LogP contribution is -2.57. The van der Waals surface area contributed by atoms with E-state index < -0.39 is 20.9 Å². The van der Waals surface area contributed by atoms with Crippen molar-refractivity contribution in [2.24, 2.45) is 0 Å². The Morgan fingerprint density at radius 3 is 2.32 bits per heavy atom. The summed E-state index contributed by atoms with van der Waals surface area (Å²) < 4.78 is 43.0. The van der Waals surface area contributed by atoms with E-state index in [0.717, 1.165) is 0 Å². The van der Waals surface area contributed by atoms with Crippen LogP contribution in [-0.4, -0.2) is 44.2 Å². The van der Waals surface area contributed by atoms with Crippen LogP contribution in [0.15, 0.2) is 53.4 Å². The van der Waals surface area contributed by atoms with E-state index >= 15 is 0 Å². The van der Waals surface area contributed by atoms with Crippen LogP contribution in [0.4, 0.5) is 4.39 Å². The number of hydrogen-bond donors (Lipinski definition) is 0. The monoisotopic (exact) mass is 383 g/mol. The molecule has 132 valence electrons. The second-order valence-corrected chi connectivity index (χ2v) is 8.33. The molecular formula is C17H15ClFNO4S. The minimum atomic E-state index is -3.49. The van der Waals surface area contributed by atoms with Crippen LogP contribution >= 0.6 is 11.6 Å². The van der Waals surface area contributed by atoms with Gasteiger partial charge in [0.25, 0.3) is 5.91 Å². The lowest BCUT2D eigenvalue weighted by molar-refractivity contribution is -0.136. The summed E-state index contributed by atoms with van der Waals surface area (Å²) >= 11 is 5.77. The molecule has 25 heavy (non-hydrogen) atoms. The third-order valence-electron chi connectivity index (χ3n) is 3.96. The Morgan fingerprint density at radius 2 is 1.72 bits per heavy atom. The molecule has 0 atom stereocenters. The van der Waals surface area contributed by atoms with Gasteiger partial charge in [0.1, 0.15) is 16.8 Å². The number of carbonyl (C=O) groups excluding carboxylic acids is 1. The number of ether oxygens (including phenoxy) is 1. The second kappa shape index (κ2) is 7.01. The molecule has 1 saturated heterocycles. The van der Waals surface area contributed by atoms with Crippen molar-refractivity contribution in [3.05, 3.63) is 59.4 Å². The molecule has 0 bridgehead atoms. The first-order valence-electron chi connectivity index (χ1n) is 7.52. The summed E-state index contributed by atoms with van der Waals surface area (Å²) in [6.45, 7) is 0.0203. The SMILES string of the molecule is O=C(COc1ccc(F)cc1)N1CC(S(=O)(=O)c2ccc(Cl)cc2)C1. The van der Waals surface area contributed by atoms with E-state index in [1.54, 1.807) is 0 Å². The molecule has 1 amide bonds. The van der Waals surface area contributed by atoms with Crippen LogP contribution in [0.5, 0.6) is 5.75 Å². The number of sulfone groups is 1. The third kappa shape index (κ3) is 3.93. The number of amides is 1. The average molecular weight is 384 g/mol. The highest BCUT2D eigenvalue weighted by Gasteiger charge is 2.40. The Hall–Kier alpha value is -2.12. The van der Waals surface area contributed by atoms with E-state index in [9.17, 15) is 17.6 Å². The van der Waals surface area contributed by atoms with Crippen molar-refractivity contribution in [3.63, 3.8) is 0 Å². The van der Waals surface area contributed by atoms with Crippen LogP contribution in [0.1, 0.15) is 0 Å². The molecule has 0 radical (unpaired) electrons. The van der Waals surface area contributed by atoms with Crippen molar-refractivity contribution in [3.8, 4) is 5.75 Å². The highest BCUT2D eigenvalue weighted by atomic mass is 35.5. The summed E-state index contributed by atoms with van der Waals surface area (Å²) in [5.41, 5.74) is 0. The summed E-state index contributed by atoms with van der Waals surface area (Å²) in [5.74, 6) is -0.329. The van der Waals surface area contributed by atoms with Gasteiger partial charge in [0.05, 0.1) is 4.90 Å². The Bertz CT molecular complexity index is 863. The van der Waals surface area contributed by atoms with Gasteiger partial charge in [-0.15, -0.1) is 0 Å². The van der Waals surface area contributed by atoms with Crippen LogP contribution in [0.25, 0.3) is 0 Å². The van der Waals surface area contributed by atoms with E-state index in [2.05, 4.69) is 0 Å².